The number of hydrogen-bond acceptors (Lipinski definition) is 16. The Morgan fingerprint density at radius 3 is 0.993 bits per heavy atom. The number of aryl methyl sites for hydroxylation is 3. The van der Waals surface area contributed by atoms with Gasteiger partial charge in [-0.1, -0.05) is 262 Å². The number of Topliss-reactive ketones (excluding diaryl/α,β-unsaturated/α-hetero) is 3. The lowest BCUT2D eigenvalue weighted by Gasteiger charge is -2.10. The Labute approximate surface area is 827 Å². The maximum Gasteiger partial charge on any atom is 0.205 e. The van der Waals surface area contributed by atoms with Crippen LogP contribution in [0.5, 0.6) is 46.0 Å². The molecule has 7 N–H and O–H groups in total. The van der Waals surface area contributed by atoms with Gasteiger partial charge in [0.2, 0.25) is 5.78 Å². The molecule has 0 spiro atoms. The number of ketones is 5. The minimum absolute atomic E-state index is 0.0168. The Morgan fingerprint density at radius 1 is 0.300 bits per heavy atom. The van der Waals surface area contributed by atoms with Gasteiger partial charge in [0.25, 0.3) is 0 Å². The number of aromatic hydroxyl groups is 4. The summed E-state index contributed by atoms with van der Waals surface area (Å²) in [6.07, 6.45) is 45.7. The number of rotatable bonds is 53. The van der Waals surface area contributed by atoms with Crippen LogP contribution >= 0.6 is 0 Å². The molecule has 0 amide bonds. The molecule has 0 aliphatic heterocycles. The first kappa shape index (κ1) is 126. The van der Waals surface area contributed by atoms with E-state index in [2.05, 4.69) is 67.2 Å². The molecule has 0 fully saturated rings. The monoisotopic (exact) mass is 1960 g/mol. The molecule has 3 unspecified atom stereocenters. The molecule has 8 aromatic carbocycles. The van der Waals surface area contributed by atoms with Gasteiger partial charge < -0.3 is 54.7 Å². The maximum atomic E-state index is 12.9. The number of phenolic OH excluding ortho intramolecular Hbond substituents is 4. The summed E-state index contributed by atoms with van der Waals surface area (Å²) in [7, 11) is 6.01. The predicted octanol–water partition coefficient (Wildman–Crippen LogP) is 29.2. The van der Waals surface area contributed by atoms with Crippen molar-refractivity contribution >= 4 is 53.2 Å². The highest BCUT2D eigenvalue weighted by atomic mass is 19.2. The fraction of sp³-hybridized carbons (Fsp3) is 0.457. The van der Waals surface area contributed by atoms with Crippen molar-refractivity contribution in [2.75, 3.05) is 28.4 Å². The van der Waals surface area contributed by atoms with Crippen molar-refractivity contribution in [1.29, 1.82) is 0 Å². The van der Waals surface area contributed by atoms with Crippen molar-refractivity contribution in [1.82, 2.24) is 0 Å². The summed E-state index contributed by atoms with van der Waals surface area (Å²) in [4.78, 5) is 57.5. The second-order valence-electron chi connectivity index (χ2n) is 33.8. The molecule has 3 atom stereocenters. The van der Waals surface area contributed by atoms with Crippen molar-refractivity contribution in [2.24, 2.45) is 0 Å². The standard InChI is InChI=1S/2C15H22O3.C15H20O3.C15H18O3.C14H20F2O.2C14H18F2O.C14H16F2O/c4*1-3-4-5-6-13(16)9-7-12-8-10-14(17)15(11-12)18-2;4*1-2-3-4-5-12(17)8-6-11-7-9-13(15)14(16)10-11/h8,10-11,17H,3-7,9H2,1-2H3;7-11,13,16-17H,3-6H2,1-2H3;7-11,17H,3-6H2,1-2H3;8,10-11,17H,3-6H2,1-2H3;7,9-10,12,17H,2-6,8H2,1H3;7,9-10H,2-6,8H2,1H3;6-10,12,17H,2-5H2,1H3;6-10H,2-5H2,1H3/b;2*9-7+;;;;2*8-6+. The van der Waals surface area contributed by atoms with Crippen LogP contribution in [0.25, 0.3) is 24.3 Å². The molecule has 770 valence electrons. The number of hydrogen-bond donors (Lipinski definition) is 7. The summed E-state index contributed by atoms with van der Waals surface area (Å²) in [5.41, 5.74) is 5.88. The molecule has 8 rings (SSSR count). The van der Waals surface area contributed by atoms with Crippen molar-refractivity contribution in [2.45, 2.75) is 318 Å². The van der Waals surface area contributed by atoms with Gasteiger partial charge in [-0.25, -0.2) is 35.1 Å². The molecule has 0 aliphatic carbocycles. The highest BCUT2D eigenvalue weighted by Gasteiger charge is 2.14. The highest BCUT2D eigenvalue weighted by Crippen LogP contribution is 2.31. The highest BCUT2D eigenvalue weighted by molar-refractivity contribution is 5.96. The van der Waals surface area contributed by atoms with Crippen LogP contribution in [-0.4, -0.2) is 111 Å². The van der Waals surface area contributed by atoms with Crippen LogP contribution in [0.3, 0.4) is 0 Å². The van der Waals surface area contributed by atoms with Crippen LogP contribution in [0.1, 0.15) is 325 Å². The van der Waals surface area contributed by atoms with Gasteiger partial charge in [0, 0.05) is 50.5 Å². The topological polar surface area (TPSA) is 264 Å². The van der Waals surface area contributed by atoms with E-state index >= 15 is 0 Å². The van der Waals surface area contributed by atoms with Crippen molar-refractivity contribution in [3.05, 3.63) is 261 Å². The number of allylic oxidation sites excluding steroid dienone is 2. The van der Waals surface area contributed by atoms with Gasteiger partial charge in [0.1, 0.15) is 11.6 Å². The van der Waals surface area contributed by atoms with Crippen molar-refractivity contribution in [3.8, 4) is 57.8 Å². The zero-order valence-corrected chi connectivity index (χ0v) is 84.4. The number of ether oxygens (including phenoxy) is 4. The minimum Gasteiger partial charge on any atom is -0.504 e. The summed E-state index contributed by atoms with van der Waals surface area (Å²) in [6, 6.07) is 35.0. The van der Waals surface area contributed by atoms with Gasteiger partial charge >= 0.3 is 0 Å². The molecule has 0 bridgehead atoms. The van der Waals surface area contributed by atoms with E-state index < -0.39 is 58.7 Å². The summed E-state index contributed by atoms with van der Waals surface area (Å²) in [5.74, 6) is 1.28. The van der Waals surface area contributed by atoms with Crippen LogP contribution in [0.15, 0.2) is 170 Å². The van der Waals surface area contributed by atoms with E-state index in [1.807, 2.05) is 12.1 Å². The predicted molar refractivity (Wildman–Crippen MR) is 548 cm³/mol. The fourth-order valence-corrected chi connectivity index (χ4v) is 13.1. The zero-order valence-electron chi connectivity index (χ0n) is 84.4. The smallest absolute Gasteiger partial charge is 0.205 e. The number of benzene rings is 8. The summed E-state index contributed by atoms with van der Waals surface area (Å²) < 4.78 is 122. The van der Waals surface area contributed by atoms with E-state index in [9.17, 15) is 94.8 Å². The summed E-state index contributed by atoms with van der Waals surface area (Å²) in [5, 5.41) is 66.8. The van der Waals surface area contributed by atoms with E-state index in [0.717, 1.165) is 232 Å². The molecule has 0 heterocycles. The molecule has 24 heteroatoms. The number of unbranched alkanes of at least 4 members (excludes halogenated alkanes) is 16. The molecular weight excluding hydrogens is 1800 g/mol. The van der Waals surface area contributed by atoms with Crippen LogP contribution < -0.4 is 18.9 Å². The Morgan fingerprint density at radius 2 is 0.600 bits per heavy atom. The molecule has 0 radical (unpaired) electrons. The molecule has 0 aliphatic rings. The summed E-state index contributed by atoms with van der Waals surface area (Å²) >= 11 is 0. The quantitative estimate of drug-likeness (QED) is 0.00809. The van der Waals surface area contributed by atoms with E-state index in [0.29, 0.717) is 128 Å². The molecule has 0 aromatic heterocycles. The van der Waals surface area contributed by atoms with Gasteiger partial charge in [0.15, 0.2) is 104 Å². The van der Waals surface area contributed by atoms with Crippen LogP contribution in [0.2, 0.25) is 0 Å². The second kappa shape index (κ2) is 79.1. The average molecular weight is 1960 g/mol. The van der Waals surface area contributed by atoms with E-state index in [1.54, 1.807) is 97.1 Å². The molecule has 8 aromatic rings. The van der Waals surface area contributed by atoms with Crippen LogP contribution in [0, 0.1) is 58.4 Å². The third kappa shape index (κ3) is 61.0. The Hall–Kier alpha value is -11.7. The van der Waals surface area contributed by atoms with Gasteiger partial charge in [-0.05, 0) is 237 Å². The van der Waals surface area contributed by atoms with Crippen LogP contribution in [-0.2, 0) is 43.2 Å². The van der Waals surface area contributed by atoms with E-state index in [-0.39, 0.29) is 52.2 Å². The number of carbonyl (C=O) groups is 5. The van der Waals surface area contributed by atoms with E-state index in [1.165, 1.54) is 70.9 Å². The van der Waals surface area contributed by atoms with Gasteiger partial charge in [-0.15, -0.1) is 0 Å². The lowest BCUT2D eigenvalue weighted by molar-refractivity contribution is -0.120. The van der Waals surface area contributed by atoms with Crippen molar-refractivity contribution in [3.63, 3.8) is 0 Å². The largest absolute Gasteiger partial charge is 0.504 e. The third-order valence-corrected chi connectivity index (χ3v) is 21.7. The fourth-order valence-electron chi connectivity index (χ4n) is 13.1. The lowest BCUT2D eigenvalue weighted by Crippen LogP contribution is -2.08. The second-order valence-corrected chi connectivity index (χ2v) is 33.8. The number of carbonyl (C=O) groups excluding carboxylic acids is 5. The summed E-state index contributed by atoms with van der Waals surface area (Å²) in [6.45, 7) is 16.9. The molecule has 0 saturated heterocycles. The zero-order chi connectivity index (χ0) is 104. The Balaban J connectivity index is 0.000000800. The molecule has 140 heavy (non-hydrogen) atoms. The first-order valence-electron chi connectivity index (χ1n) is 49.4. The normalized spacial score (nSPS) is 11.3. The number of phenols is 4. The van der Waals surface area contributed by atoms with Crippen LogP contribution in [0.4, 0.5) is 35.1 Å². The van der Waals surface area contributed by atoms with Gasteiger partial charge in [-0.2, -0.15) is 0 Å². The average Bonchev–Trinajstić information content (AvgIpc) is 0.836. The molecule has 16 nitrogen and oxygen atoms in total. The Kier molecular flexibility index (Phi) is 71.4. The molecule has 0 saturated carbocycles. The number of halogens is 8. The maximum absolute atomic E-state index is 12.9. The lowest BCUT2D eigenvalue weighted by atomic mass is 10.0. The number of aliphatic hydroxyl groups is 3. The van der Waals surface area contributed by atoms with E-state index in [4.69, 9.17) is 18.9 Å². The first-order chi connectivity index (χ1) is 67.2. The first-order valence-corrected chi connectivity index (χ1v) is 49.4. The number of methoxy groups -OCH3 is 4. The SMILES string of the molecule is CCCCCC(=O)/C=C/c1ccc(F)c(F)c1.CCCCCC(=O)/C=C/c1ccc(O)c(OC)c1.CCCCCC(=O)C#Cc1ccc(O)c(OC)c1.CCCCCC(=O)CCc1ccc(F)c(F)c1.CCCCCC(=O)CCc1ccc(O)c(OC)c1.CCCCCC(O)/C=C/c1ccc(F)c(F)c1.CCCCCC(O)/C=C/c1ccc(O)c(OC)c1.CCCCCC(O)CCc1ccc(F)c(F)c1. The third-order valence-electron chi connectivity index (χ3n) is 21.7. The molecular formula is C116H154F8O16. The van der Waals surface area contributed by atoms with Crippen molar-refractivity contribution < 1.29 is 114 Å². The Bertz CT molecular complexity index is 5010. The van der Waals surface area contributed by atoms with Gasteiger partial charge in [-0.3, -0.25) is 24.0 Å². The minimum atomic E-state index is -0.898. The van der Waals surface area contributed by atoms with Gasteiger partial charge in [0.05, 0.1) is 46.8 Å². The number of aliphatic hydroxyl groups excluding tert-OH is 3.